The Morgan fingerprint density at radius 3 is 2.47 bits per heavy atom. The minimum absolute atomic E-state index is 0.141. The van der Waals surface area contributed by atoms with Crippen LogP contribution in [0.3, 0.4) is 0 Å². The van der Waals surface area contributed by atoms with Gasteiger partial charge in [0.15, 0.2) is 0 Å². The largest absolute Gasteiger partial charge is 0.347 e. The van der Waals surface area contributed by atoms with E-state index in [-0.39, 0.29) is 5.91 Å². The zero-order chi connectivity index (χ0) is 14.0. The molecule has 1 heterocycles. The van der Waals surface area contributed by atoms with Crippen LogP contribution in [0.2, 0.25) is 0 Å². The predicted octanol–water partition coefficient (Wildman–Crippen LogP) is 2.63. The van der Waals surface area contributed by atoms with Crippen molar-refractivity contribution in [1.29, 1.82) is 0 Å². The van der Waals surface area contributed by atoms with Crippen LogP contribution < -0.4 is 0 Å². The van der Waals surface area contributed by atoms with Crippen LogP contribution in [0.1, 0.15) is 16.1 Å². The SMILES string of the molecule is CON(C)C(=O)c1cc(-c2ccccc2)n(C)c1C. The van der Waals surface area contributed by atoms with Crippen molar-refractivity contribution in [2.24, 2.45) is 7.05 Å². The molecule has 2 rings (SSSR count). The smallest absolute Gasteiger partial charge is 0.278 e. The molecule has 1 aromatic carbocycles. The van der Waals surface area contributed by atoms with E-state index in [1.807, 2.05) is 54.9 Å². The lowest BCUT2D eigenvalue weighted by molar-refractivity contribution is -0.0757. The second kappa shape index (κ2) is 5.28. The van der Waals surface area contributed by atoms with E-state index in [1.165, 1.54) is 12.2 Å². The van der Waals surface area contributed by atoms with Crippen LogP contribution in [-0.2, 0) is 11.9 Å². The number of nitrogens with zero attached hydrogens (tertiary/aromatic N) is 2. The molecule has 0 atom stereocenters. The summed E-state index contributed by atoms with van der Waals surface area (Å²) in [6.45, 7) is 1.93. The van der Waals surface area contributed by atoms with Crippen LogP contribution in [0, 0.1) is 6.92 Å². The fourth-order valence-electron chi connectivity index (χ4n) is 2.05. The molecule has 0 bridgehead atoms. The molecule has 4 heteroatoms. The third kappa shape index (κ3) is 2.39. The molecule has 0 aliphatic heterocycles. The molecule has 0 fully saturated rings. The van der Waals surface area contributed by atoms with Gasteiger partial charge in [0, 0.05) is 25.5 Å². The standard InChI is InChI=1S/C15H18N2O2/c1-11-13(15(18)17(3)19-4)10-14(16(11)2)12-8-6-5-7-9-12/h5-10H,1-4H3. The van der Waals surface area contributed by atoms with Gasteiger partial charge in [0.05, 0.1) is 12.7 Å². The van der Waals surface area contributed by atoms with Crippen LogP contribution >= 0.6 is 0 Å². The van der Waals surface area contributed by atoms with Crippen molar-refractivity contribution >= 4 is 5.91 Å². The van der Waals surface area contributed by atoms with Gasteiger partial charge in [-0.15, -0.1) is 0 Å². The normalized spacial score (nSPS) is 10.5. The molecule has 0 unspecified atom stereocenters. The van der Waals surface area contributed by atoms with Gasteiger partial charge < -0.3 is 4.57 Å². The van der Waals surface area contributed by atoms with Gasteiger partial charge in [0.1, 0.15) is 0 Å². The van der Waals surface area contributed by atoms with E-state index in [4.69, 9.17) is 4.84 Å². The molecule has 1 amide bonds. The van der Waals surface area contributed by atoms with Crippen molar-refractivity contribution in [2.45, 2.75) is 6.92 Å². The summed E-state index contributed by atoms with van der Waals surface area (Å²) in [6.07, 6.45) is 0. The number of hydrogen-bond donors (Lipinski definition) is 0. The zero-order valence-electron chi connectivity index (χ0n) is 11.7. The van der Waals surface area contributed by atoms with Crippen molar-refractivity contribution in [3.63, 3.8) is 0 Å². The molecule has 0 aliphatic rings. The number of carbonyl (C=O) groups is 1. The van der Waals surface area contributed by atoms with Gasteiger partial charge in [-0.3, -0.25) is 9.63 Å². The number of hydrogen-bond acceptors (Lipinski definition) is 2. The molecular weight excluding hydrogens is 240 g/mol. The van der Waals surface area contributed by atoms with Gasteiger partial charge in [-0.2, -0.15) is 0 Å². The highest BCUT2D eigenvalue weighted by atomic mass is 16.7. The number of amides is 1. The van der Waals surface area contributed by atoms with Crippen molar-refractivity contribution in [1.82, 2.24) is 9.63 Å². The fourth-order valence-corrected chi connectivity index (χ4v) is 2.05. The van der Waals surface area contributed by atoms with Gasteiger partial charge in [0.25, 0.3) is 5.91 Å². The Morgan fingerprint density at radius 2 is 1.89 bits per heavy atom. The lowest BCUT2D eigenvalue weighted by Gasteiger charge is -2.13. The number of rotatable bonds is 3. The molecule has 0 saturated heterocycles. The first-order valence-corrected chi connectivity index (χ1v) is 6.10. The van der Waals surface area contributed by atoms with Gasteiger partial charge in [-0.1, -0.05) is 30.3 Å². The highest BCUT2D eigenvalue weighted by Gasteiger charge is 2.19. The van der Waals surface area contributed by atoms with Crippen LogP contribution in [0.25, 0.3) is 11.3 Å². The summed E-state index contributed by atoms with van der Waals surface area (Å²) < 4.78 is 2.02. The summed E-state index contributed by atoms with van der Waals surface area (Å²) in [6, 6.07) is 11.9. The maximum Gasteiger partial charge on any atom is 0.278 e. The van der Waals surface area contributed by atoms with Gasteiger partial charge in [-0.05, 0) is 18.6 Å². The highest BCUT2D eigenvalue weighted by molar-refractivity contribution is 5.96. The first kappa shape index (κ1) is 13.4. The van der Waals surface area contributed by atoms with E-state index in [9.17, 15) is 4.79 Å². The minimum atomic E-state index is -0.141. The molecule has 19 heavy (non-hydrogen) atoms. The summed E-state index contributed by atoms with van der Waals surface area (Å²) >= 11 is 0. The summed E-state index contributed by atoms with van der Waals surface area (Å²) in [5.41, 5.74) is 3.69. The molecule has 0 spiro atoms. The maximum absolute atomic E-state index is 12.2. The Labute approximate surface area is 113 Å². The fraction of sp³-hybridized carbons (Fsp3) is 0.267. The Kier molecular flexibility index (Phi) is 3.71. The van der Waals surface area contributed by atoms with E-state index in [0.29, 0.717) is 5.56 Å². The summed E-state index contributed by atoms with van der Waals surface area (Å²) in [4.78, 5) is 17.1. The second-order valence-electron chi connectivity index (χ2n) is 4.44. The van der Waals surface area contributed by atoms with E-state index in [2.05, 4.69) is 0 Å². The van der Waals surface area contributed by atoms with Gasteiger partial charge in [0.2, 0.25) is 0 Å². The van der Waals surface area contributed by atoms with Gasteiger partial charge >= 0.3 is 0 Å². The van der Waals surface area contributed by atoms with E-state index >= 15 is 0 Å². The van der Waals surface area contributed by atoms with E-state index in [1.54, 1.807) is 7.05 Å². The lowest BCUT2D eigenvalue weighted by atomic mass is 10.1. The maximum atomic E-state index is 12.2. The lowest BCUT2D eigenvalue weighted by Crippen LogP contribution is -2.25. The number of hydroxylamine groups is 2. The highest BCUT2D eigenvalue weighted by Crippen LogP contribution is 2.25. The molecule has 2 aromatic rings. The van der Waals surface area contributed by atoms with Crippen molar-refractivity contribution < 1.29 is 9.63 Å². The zero-order valence-corrected chi connectivity index (χ0v) is 11.7. The molecule has 1 aromatic heterocycles. The first-order valence-electron chi connectivity index (χ1n) is 6.10. The van der Waals surface area contributed by atoms with E-state index in [0.717, 1.165) is 17.0 Å². The molecule has 0 N–H and O–H groups in total. The number of benzene rings is 1. The van der Waals surface area contributed by atoms with Gasteiger partial charge in [-0.25, -0.2) is 5.06 Å². The van der Waals surface area contributed by atoms with Crippen LogP contribution in [-0.4, -0.2) is 29.7 Å². The van der Waals surface area contributed by atoms with Crippen LogP contribution in [0.5, 0.6) is 0 Å². The van der Waals surface area contributed by atoms with Crippen LogP contribution in [0.4, 0.5) is 0 Å². The molecular formula is C15H18N2O2. The molecule has 0 aliphatic carbocycles. The van der Waals surface area contributed by atoms with Crippen molar-refractivity contribution in [3.8, 4) is 11.3 Å². The predicted molar refractivity (Wildman–Crippen MR) is 74.7 cm³/mol. The third-order valence-electron chi connectivity index (χ3n) is 3.40. The molecule has 0 saturated carbocycles. The number of carbonyl (C=O) groups excluding carboxylic acids is 1. The Morgan fingerprint density at radius 1 is 1.26 bits per heavy atom. The molecule has 100 valence electrons. The van der Waals surface area contributed by atoms with Crippen LogP contribution in [0.15, 0.2) is 36.4 Å². The molecule has 4 nitrogen and oxygen atoms in total. The molecule has 0 radical (unpaired) electrons. The average Bonchev–Trinajstić information content (AvgIpc) is 2.75. The minimum Gasteiger partial charge on any atom is -0.347 e. The Bertz CT molecular complexity index is 588. The quantitative estimate of drug-likeness (QED) is 0.793. The average molecular weight is 258 g/mol. The Balaban J connectivity index is 2.48. The summed E-state index contributed by atoms with van der Waals surface area (Å²) in [5.74, 6) is -0.141. The van der Waals surface area contributed by atoms with Crippen molar-refractivity contribution in [2.75, 3.05) is 14.2 Å². The summed E-state index contributed by atoms with van der Waals surface area (Å²) in [7, 11) is 5.05. The second-order valence-corrected chi connectivity index (χ2v) is 4.44. The monoisotopic (exact) mass is 258 g/mol. The number of aromatic nitrogens is 1. The first-order chi connectivity index (χ1) is 9.06. The summed E-state index contributed by atoms with van der Waals surface area (Å²) in [5, 5.41) is 1.23. The van der Waals surface area contributed by atoms with Crippen molar-refractivity contribution in [3.05, 3.63) is 47.7 Å². The Hall–Kier alpha value is -2.07. The topological polar surface area (TPSA) is 34.5 Å². The third-order valence-corrected chi connectivity index (χ3v) is 3.40. The van der Waals surface area contributed by atoms with E-state index < -0.39 is 0 Å².